The lowest BCUT2D eigenvalue weighted by atomic mass is 9.51. The fourth-order valence-corrected chi connectivity index (χ4v) is 8.22. The van der Waals surface area contributed by atoms with Crippen molar-refractivity contribution in [2.75, 3.05) is 0 Å². The van der Waals surface area contributed by atoms with Crippen molar-refractivity contribution in [3.8, 4) is 0 Å². The van der Waals surface area contributed by atoms with Crippen LogP contribution in [0.5, 0.6) is 0 Å². The summed E-state index contributed by atoms with van der Waals surface area (Å²) in [4.78, 5) is 38.2. The third-order valence-electron chi connectivity index (χ3n) is 8.91. The van der Waals surface area contributed by atoms with E-state index in [-0.39, 0.29) is 6.42 Å². The van der Waals surface area contributed by atoms with Crippen LogP contribution in [0.4, 0.5) is 0 Å². The van der Waals surface area contributed by atoms with Crippen molar-refractivity contribution in [3.63, 3.8) is 0 Å². The number of ether oxygens (including phenoxy) is 4. The summed E-state index contributed by atoms with van der Waals surface area (Å²) >= 11 is 0. The van der Waals surface area contributed by atoms with Gasteiger partial charge in [0.15, 0.2) is 11.7 Å². The zero-order valence-corrected chi connectivity index (χ0v) is 16.9. The Bertz CT molecular complexity index is 925. The van der Waals surface area contributed by atoms with E-state index < -0.39 is 87.9 Å². The Kier molecular flexibility index (Phi) is 2.97. The van der Waals surface area contributed by atoms with E-state index in [0.29, 0.717) is 0 Å². The van der Waals surface area contributed by atoms with Crippen LogP contribution in [0.3, 0.4) is 0 Å². The summed E-state index contributed by atoms with van der Waals surface area (Å²) < 4.78 is 22.6. The van der Waals surface area contributed by atoms with Gasteiger partial charge in [-0.2, -0.15) is 0 Å². The summed E-state index contributed by atoms with van der Waals surface area (Å²) in [5, 5.41) is 34.4. The van der Waals surface area contributed by atoms with Crippen LogP contribution in [0.1, 0.15) is 34.1 Å². The molecule has 4 heterocycles. The van der Waals surface area contributed by atoms with Gasteiger partial charge in [0, 0.05) is 12.3 Å². The quantitative estimate of drug-likeness (QED) is 0.314. The van der Waals surface area contributed by atoms with E-state index >= 15 is 0 Å². The molecule has 4 aliphatic heterocycles. The lowest BCUT2D eigenvalue weighted by Crippen LogP contribution is -2.66. The average molecular weight is 424 g/mol. The molecule has 6 fully saturated rings. The predicted molar refractivity (Wildman–Crippen MR) is 92.0 cm³/mol. The number of aliphatic hydroxyl groups excluding tert-OH is 2. The monoisotopic (exact) mass is 424 g/mol. The number of hydrogen-bond donors (Lipinski definition) is 3. The van der Waals surface area contributed by atoms with Crippen LogP contribution in [0, 0.1) is 28.1 Å². The Hall–Kier alpha value is -1.75. The molecule has 164 valence electrons. The Balaban J connectivity index is 1.71. The zero-order chi connectivity index (χ0) is 21.8. The van der Waals surface area contributed by atoms with Crippen LogP contribution in [0.2, 0.25) is 0 Å². The third-order valence-corrected chi connectivity index (χ3v) is 8.91. The Labute approximate surface area is 171 Å². The minimum Gasteiger partial charge on any atom is -0.459 e. The molecular formula is C20H24O10. The Morgan fingerprint density at radius 3 is 2.33 bits per heavy atom. The van der Waals surface area contributed by atoms with Gasteiger partial charge < -0.3 is 34.3 Å². The smallest absolute Gasteiger partial charge is 0.342 e. The normalized spacial score (nSPS) is 60.1. The minimum absolute atomic E-state index is 0.107. The van der Waals surface area contributed by atoms with Gasteiger partial charge >= 0.3 is 17.9 Å². The number of rotatable bonds is 0. The molecule has 0 amide bonds. The van der Waals surface area contributed by atoms with Gasteiger partial charge in [0.25, 0.3) is 0 Å². The highest BCUT2D eigenvalue weighted by atomic mass is 16.8. The molecule has 30 heavy (non-hydrogen) atoms. The maximum Gasteiger partial charge on any atom is 0.342 e. The van der Waals surface area contributed by atoms with Crippen molar-refractivity contribution in [1.82, 2.24) is 0 Å². The molecule has 0 aromatic heterocycles. The van der Waals surface area contributed by atoms with Crippen LogP contribution in [-0.2, 0) is 33.3 Å². The maximum atomic E-state index is 13.4. The highest BCUT2D eigenvalue weighted by Crippen LogP contribution is 2.84. The Morgan fingerprint density at radius 2 is 1.70 bits per heavy atom. The van der Waals surface area contributed by atoms with Crippen molar-refractivity contribution in [2.24, 2.45) is 28.1 Å². The highest BCUT2D eigenvalue weighted by Gasteiger charge is 3.02. The van der Waals surface area contributed by atoms with Gasteiger partial charge in [0.2, 0.25) is 11.9 Å². The number of carbonyl (C=O) groups is 3. The van der Waals surface area contributed by atoms with E-state index in [1.54, 1.807) is 0 Å². The third kappa shape index (κ3) is 1.35. The largest absolute Gasteiger partial charge is 0.459 e. The van der Waals surface area contributed by atoms with Crippen LogP contribution in [-0.4, -0.2) is 75.1 Å². The predicted octanol–water partition coefficient (Wildman–Crippen LogP) is -1.37. The van der Waals surface area contributed by atoms with Crippen LogP contribution in [0.25, 0.3) is 0 Å². The van der Waals surface area contributed by atoms with Gasteiger partial charge in [-0.1, -0.05) is 20.8 Å². The second kappa shape index (κ2) is 4.69. The van der Waals surface area contributed by atoms with Gasteiger partial charge in [0.1, 0.15) is 12.2 Å². The van der Waals surface area contributed by atoms with Gasteiger partial charge in [0.05, 0.1) is 22.9 Å². The summed E-state index contributed by atoms with van der Waals surface area (Å²) in [6, 6.07) is 0. The molecule has 2 spiro atoms. The first-order chi connectivity index (χ1) is 13.8. The highest BCUT2D eigenvalue weighted by molar-refractivity contribution is 5.93. The van der Waals surface area contributed by atoms with Gasteiger partial charge in [-0.3, -0.25) is 4.79 Å². The number of aliphatic hydroxyl groups is 3. The number of carbonyl (C=O) groups excluding carboxylic acids is 3. The number of esters is 3. The SMILES string of the molecule is CC1C(=O)O[C@@H]2C[C@]34[C@@H]5OC(=O)[C@]3(O[C@H]3OC(=O)C(O)[C@]34C(C(C)(C)C)C5O)[C@]12O. The molecule has 0 aromatic rings. The van der Waals surface area contributed by atoms with Gasteiger partial charge in [-0.25, -0.2) is 9.59 Å². The molecule has 4 unspecified atom stereocenters. The molecule has 10 nitrogen and oxygen atoms in total. The van der Waals surface area contributed by atoms with Crippen molar-refractivity contribution < 1.29 is 48.7 Å². The molecule has 6 rings (SSSR count). The molecule has 0 radical (unpaired) electrons. The van der Waals surface area contributed by atoms with E-state index in [2.05, 4.69) is 0 Å². The van der Waals surface area contributed by atoms with E-state index in [1.165, 1.54) is 6.92 Å². The van der Waals surface area contributed by atoms with Crippen molar-refractivity contribution in [1.29, 1.82) is 0 Å². The summed E-state index contributed by atoms with van der Waals surface area (Å²) in [7, 11) is 0. The molecule has 2 aliphatic carbocycles. The second-order valence-corrected chi connectivity index (χ2v) is 10.7. The summed E-state index contributed by atoms with van der Waals surface area (Å²) in [5.74, 6) is -4.43. The second-order valence-electron chi connectivity index (χ2n) is 10.7. The van der Waals surface area contributed by atoms with E-state index in [1.807, 2.05) is 20.8 Å². The fourth-order valence-electron chi connectivity index (χ4n) is 8.22. The molecule has 2 saturated carbocycles. The molecular weight excluding hydrogens is 400 g/mol. The topological polar surface area (TPSA) is 149 Å². The summed E-state index contributed by atoms with van der Waals surface area (Å²) in [5.41, 5.74) is -7.95. The van der Waals surface area contributed by atoms with Crippen molar-refractivity contribution >= 4 is 17.9 Å². The van der Waals surface area contributed by atoms with Gasteiger partial charge in [-0.15, -0.1) is 0 Å². The van der Waals surface area contributed by atoms with Crippen LogP contribution in [0.15, 0.2) is 0 Å². The lowest BCUT2D eigenvalue weighted by molar-refractivity contribution is -0.239. The first-order valence-electron chi connectivity index (χ1n) is 10.2. The van der Waals surface area contributed by atoms with Crippen LogP contribution >= 0.6 is 0 Å². The first kappa shape index (κ1) is 19.0. The van der Waals surface area contributed by atoms with Crippen LogP contribution < -0.4 is 0 Å². The Morgan fingerprint density at radius 1 is 1.03 bits per heavy atom. The number of fused-ring (bicyclic) bond motifs is 1. The average Bonchev–Trinajstić information content (AvgIpc) is 3.32. The van der Waals surface area contributed by atoms with E-state index in [0.717, 1.165) is 0 Å². The minimum atomic E-state index is -2.12. The molecule has 6 aliphatic rings. The fraction of sp³-hybridized carbons (Fsp3) is 0.850. The summed E-state index contributed by atoms with van der Waals surface area (Å²) in [6.07, 6.45) is -6.73. The lowest BCUT2D eigenvalue weighted by Gasteiger charge is -2.46. The maximum absolute atomic E-state index is 13.4. The standard InChI is InChI=1S/C20H24O10/c1-6-12(23)27-7-5-17-11-8(21)9(16(2,3)4)18(17)10(22)13(24)29-15(18)30-20(17,14(25)28-11)19(6,7)26/h6-11,15,21-22,26H,5H2,1-4H3/t6?,7-,8?,9?,10?,11-,15-,17-,18-,19+,20-/m1/s1. The molecule has 10 heteroatoms. The molecule has 0 aromatic carbocycles. The zero-order valence-electron chi connectivity index (χ0n) is 16.9. The molecule has 0 bridgehead atoms. The van der Waals surface area contributed by atoms with Gasteiger partial charge in [-0.05, 0) is 12.3 Å². The molecule has 4 saturated heterocycles. The number of hydrogen-bond acceptors (Lipinski definition) is 10. The molecule has 3 N–H and O–H groups in total. The molecule has 11 atom stereocenters. The summed E-state index contributed by atoms with van der Waals surface area (Å²) in [6.45, 7) is 6.97. The van der Waals surface area contributed by atoms with E-state index in [4.69, 9.17) is 18.9 Å². The van der Waals surface area contributed by atoms with Crippen molar-refractivity contribution in [2.45, 2.75) is 76.0 Å². The van der Waals surface area contributed by atoms with E-state index in [9.17, 15) is 29.7 Å². The first-order valence-corrected chi connectivity index (χ1v) is 10.2. The van der Waals surface area contributed by atoms with Crippen molar-refractivity contribution in [3.05, 3.63) is 0 Å².